The summed E-state index contributed by atoms with van der Waals surface area (Å²) in [6.45, 7) is 0. The van der Waals surface area contributed by atoms with Crippen LogP contribution in [0.25, 0.3) is 0 Å². The van der Waals surface area contributed by atoms with Crippen LogP contribution in [-0.2, 0) is 0 Å². The summed E-state index contributed by atoms with van der Waals surface area (Å²) in [5.41, 5.74) is -0.851. The van der Waals surface area contributed by atoms with Crippen LogP contribution < -0.4 is 5.56 Å². The van der Waals surface area contributed by atoms with Gasteiger partial charge in [0.1, 0.15) is 11.4 Å². The predicted molar refractivity (Wildman–Crippen MR) is 53.0 cm³/mol. The summed E-state index contributed by atoms with van der Waals surface area (Å²) in [5, 5.41) is 8.66. The van der Waals surface area contributed by atoms with Crippen molar-refractivity contribution in [1.82, 2.24) is 9.97 Å². The molecule has 1 aromatic heterocycles. The zero-order chi connectivity index (χ0) is 10.8. The van der Waals surface area contributed by atoms with Gasteiger partial charge in [0.2, 0.25) is 0 Å². The summed E-state index contributed by atoms with van der Waals surface area (Å²) in [7, 11) is 0. The highest BCUT2D eigenvalue weighted by Crippen LogP contribution is 2.31. The van der Waals surface area contributed by atoms with Gasteiger partial charge in [-0.2, -0.15) is 0 Å². The Hall–Kier alpha value is -1.65. The molecule has 15 heavy (non-hydrogen) atoms. The molecular weight excluding hydrogens is 196 g/mol. The molecule has 1 saturated carbocycles. The molecule has 1 aliphatic carbocycles. The zero-order valence-corrected chi connectivity index (χ0v) is 8.19. The van der Waals surface area contributed by atoms with Crippen molar-refractivity contribution in [2.75, 3.05) is 0 Å². The number of carbonyl (C=O) groups is 1. The number of carboxylic acids is 1. The van der Waals surface area contributed by atoms with E-state index in [9.17, 15) is 9.59 Å². The van der Waals surface area contributed by atoms with Crippen molar-refractivity contribution in [1.29, 1.82) is 0 Å². The van der Waals surface area contributed by atoms with Crippen molar-refractivity contribution in [2.45, 2.75) is 31.6 Å². The zero-order valence-electron chi connectivity index (χ0n) is 8.19. The number of rotatable bonds is 2. The minimum Gasteiger partial charge on any atom is -0.477 e. The van der Waals surface area contributed by atoms with Crippen molar-refractivity contribution in [3.8, 4) is 0 Å². The summed E-state index contributed by atoms with van der Waals surface area (Å²) in [6, 6.07) is 0. The number of hydrogen-bond acceptors (Lipinski definition) is 3. The van der Waals surface area contributed by atoms with Gasteiger partial charge in [-0.25, -0.2) is 9.78 Å². The highest BCUT2D eigenvalue weighted by Gasteiger charge is 2.20. The molecule has 1 heterocycles. The fourth-order valence-corrected chi connectivity index (χ4v) is 1.97. The second-order valence-electron chi connectivity index (χ2n) is 3.80. The van der Waals surface area contributed by atoms with Crippen LogP contribution in [0.15, 0.2) is 11.0 Å². The summed E-state index contributed by atoms with van der Waals surface area (Å²) in [4.78, 5) is 28.5. The van der Waals surface area contributed by atoms with Crippen molar-refractivity contribution in [2.24, 2.45) is 0 Å². The number of nitrogens with zero attached hydrogens (tertiary/aromatic N) is 1. The summed E-state index contributed by atoms with van der Waals surface area (Å²) < 4.78 is 0. The van der Waals surface area contributed by atoms with Gasteiger partial charge in [0.15, 0.2) is 0 Å². The van der Waals surface area contributed by atoms with E-state index >= 15 is 0 Å². The van der Waals surface area contributed by atoms with Crippen molar-refractivity contribution in [3.63, 3.8) is 0 Å². The Balaban J connectivity index is 2.32. The second-order valence-corrected chi connectivity index (χ2v) is 3.80. The molecule has 0 unspecified atom stereocenters. The van der Waals surface area contributed by atoms with Crippen LogP contribution in [0.5, 0.6) is 0 Å². The number of hydrogen-bond donors (Lipinski definition) is 2. The highest BCUT2D eigenvalue weighted by molar-refractivity contribution is 5.86. The Labute approximate surface area is 86.2 Å². The smallest absolute Gasteiger partial charge is 0.342 e. The van der Waals surface area contributed by atoms with E-state index in [1.165, 1.54) is 0 Å². The molecule has 0 saturated heterocycles. The summed E-state index contributed by atoms with van der Waals surface area (Å²) >= 11 is 0. The lowest BCUT2D eigenvalue weighted by Crippen LogP contribution is -2.20. The molecule has 2 rings (SSSR count). The number of carboxylic acid groups (broad SMARTS) is 1. The minimum atomic E-state index is -1.23. The Kier molecular flexibility index (Phi) is 2.53. The lowest BCUT2D eigenvalue weighted by molar-refractivity contribution is 0.0694. The molecule has 80 valence electrons. The van der Waals surface area contributed by atoms with E-state index < -0.39 is 11.5 Å². The first-order valence-electron chi connectivity index (χ1n) is 5.01. The molecule has 0 bridgehead atoms. The normalized spacial score (nSPS) is 16.8. The monoisotopic (exact) mass is 208 g/mol. The number of aromatic nitrogens is 2. The topological polar surface area (TPSA) is 83.0 Å². The minimum absolute atomic E-state index is 0.292. The first-order chi connectivity index (χ1) is 7.18. The van der Waals surface area contributed by atoms with E-state index in [2.05, 4.69) is 9.97 Å². The molecule has 0 aliphatic heterocycles. The van der Waals surface area contributed by atoms with Gasteiger partial charge < -0.3 is 10.1 Å². The molecule has 1 aliphatic rings. The molecule has 0 aromatic carbocycles. The average molecular weight is 208 g/mol. The Bertz CT molecular complexity index is 433. The first-order valence-corrected chi connectivity index (χ1v) is 5.01. The van der Waals surface area contributed by atoms with Crippen LogP contribution in [0.3, 0.4) is 0 Å². The van der Waals surface area contributed by atoms with Crippen LogP contribution in [0, 0.1) is 0 Å². The van der Waals surface area contributed by atoms with Crippen molar-refractivity contribution < 1.29 is 9.90 Å². The van der Waals surface area contributed by atoms with E-state index in [4.69, 9.17) is 5.11 Å². The highest BCUT2D eigenvalue weighted by atomic mass is 16.4. The lowest BCUT2D eigenvalue weighted by Gasteiger charge is -2.07. The average Bonchev–Trinajstić information content (AvgIpc) is 2.69. The van der Waals surface area contributed by atoms with Crippen LogP contribution in [0.1, 0.15) is 47.8 Å². The van der Waals surface area contributed by atoms with Gasteiger partial charge in [-0.3, -0.25) is 4.79 Å². The third-order valence-electron chi connectivity index (χ3n) is 2.79. The molecule has 0 atom stereocenters. The fraction of sp³-hybridized carbons (Fsp3) is 0.500. The molecular formula is C10H12N2O3. The van der Waals surface area contributed by atoms with E-state index in [1.807, 2.05) is 0 Å². The number of H-pyrrole nitrogens is 1. The summed E-state index contributed by atoms with van der Waals surface area (Å²) in [6.07, 6.45) is 5.49. The third-order valence-corrected chi connectivity index (χ3v) is 2.79. The largest absolute Gasteiger partial charge is 0.477 e. The van der Waals surface area contributed by atoms with Gasteiger partial charge in [-0.05, 0) is 12.8 Å². The third kappa shape index (κ3) is 1.91. The molecule has 1 fully saturated rings. The molecule has 2 N–H and O–H groups in total. The number of nitrogens with one attached hydrogen (secondary N) is 1. The molecule has 0 amide bonds. The van der Waals surface area contributed by atoms with Crippen molar-refractivity contribution >= 4 is 5.97 Å². The summed E-state index contributed by atoms with van der Waals surface area (Å²) in [5.74, 6) is -0.315. The quantitative estimate of drug-likeness (QED) is 0.763. The van der Waals surface area contributed by atoms with Gasteiger partial charge in [0, 0.05) is 12.1 Å². The number of aromatic carboxylic acids is 1. The molecule has 0 spiro atoms. The van der Waals surface area contributed by atoms with E-state index in [1.54, 1.807) is 0 Å². The van der Waals surface area contributed by atoms with E-state index in [0.29, 0.717) is 11.7 Å². The van der Waals surface area contributed by atoms with Gasteiger partial charge in [0.05, 0.1) is 0 Å². The molecule has 0 radical (unpaired) electrons. The van der Waals surface area contributed by atoms with Crippen LogP contribution in [0.4, 0.5) is 0 Å². The Morgan fingerprint density at radius 3 is 2.67 bits per heavy atom. The predicted octanol–water partition coefficient (Wildman–Crippen LogP) is 1.13. The van der Waals surface area contributed by atoms with Gasteiger partial charge in [-0.15, -0.1) is 0 Å². The molecule has 5 heteroatoms. The van der Waals surface area contributed by atoms with E-state index in [-0.39, 0.29) is 5.56 Å². The van der Waals surface area contributed by atoms with E-state index in [0.717, 1.165) is 31.9 Å². The van der Waals surface area contributed by atoms with Gasteiger partial charge in [0.25, 0.3) is 5.56 Å². The van der Waals surface area contributed by atoms with Gasteiger partial charge >= 0.3 is 5.97 Å². The van der Waals surface area contributed by atoms with Crippen molar-refractivity contribution in [3.05, 3.63) is 27.9 Å². The Morgan fingerprint density at radius 1 is 1.47 bits per heavy atom. The SMILES string of the molecule is O=C(O)c1cnc(C2CCCC2)[nH]c1=O. The molecule has 1 aromatic rings. The molecule has 5 nitrogen and oxygen atoms in total. The number of aromatic amines is 1. The van der Waals surface area contributed by atoms with Gasteiger partial charge in [-0.1, -0.05) is 12.8 Å². The van der Waals surface area contributed by atoms with Crippen LogP contribution in [-0.4, -0.2) is 21.0 Å². The van der Waals surface area contributed by atoms with Crippen LogP contribution >= 0.6 is 0 Å². The van der Waals surface area contributed by atoms with Crippen LogP contribution in [0.2, 0.25) is 0 Å². The fourth-order valence-electron chi connectivity index (χ4n) is 1.97. The maximum absolute atomic E-state index is 11.4. The first kappa shape index (κ1) is 9.89. The standard InChI is InChI=1S/C10H12N2O3/c13-9-7(10(14)15)5-11-8(12-9)6-3-1-2-4-6/h5-6H,1-4H2,(H,14,15)(H,11,12,13). The second kappa shape index (κ2) is 3.84. The maximum Gasteiger partial charge on any atom is 0.342 e. The lowest BCUT2D eigenvalue weighted by atomic mass is 10.1. The Morgan fingerprint density at radius 2 is 2.13 bits per heavy atom. The maximum atomic E-state index is 11.4.